The zero-order valence-corrected chi connectivity index (χ0v) is 18.0. The topological polar surface area (TPSA) is 92.8 Å². The highest BCUT2D eigenvalue weighted by atomic mass is 16.5. The Hall–Kier alpha value is -3.48. The van der Waals surface area contributed by atoms with Crippen LogP contribution in [0.4, 0.5) is 0 Å². The quantitative estimate of drug-likeness (QED) is 0.555. The predicted molar refractivity (Wildman–Crippen MR) is 117 cm³/mol. The Morgan fingerprint density at radius 3 is 2.31 bits per heavy atom. The van der Waals surface area contributed by atoms with Crippen LogP contribution in [0.2, 0.25) is 0 Å². The molecular formula is C25H26N2O5. The lowest BCUT2D eigenvalue weighted by Gasteiger charge is -2.24. The summed E-state index contributed by atoms with van der Waals surface area (Å²) in [5.74, 6) is -1.63. The standard InChI is InChI=1S/C25H26N2O5/c1-16(22(28)26-19-10-3-2-4-11-19)32-25(31)18-9-7-8-17(14-18)15-27-23(29)20-12-5-6-13-21(20)24(27)30/h5-9,12-14,16,19H,2-4,10-11,15H2,1H3,(H,26,28)/t16-/m0/s1. The molecule has 0 aromatic heterocycles. The Labute approximate surface area is 186 Å². The van der Waals surface area contributed by atoms with Gasteiger partial charge in [0.1, 0.15) is 0 Å². The Morgan fingerprint density at radius 1 is 1.00 bits per heavy atom. The monoisotopic (exact) mass is 434 g/mol. The molecular weight excluding hydrogens is 408 g/mol. The van der Waals surface area contributed by atoms with Crippen LogP contribution in [0, 0.1) is 0 Å². The summed E-state index contributed by atoms with van der Waals surface area (Å²) >= 11 is 0. The second-order valence-electron chi connectivity index (χ2n) is 8.33. The van der Waals surface area contributed by atoms with Gasteiger partial charge in [-0.3, -0.25) is 19.3 Å². The molecule has 1 heterocycles. The van der Waals surface area contributed by atoms with Gasteiger partial charge in [-0.1, -0.05) is 43.5 Å². The Kier molecular flexibility index (Phi) is 6.35. The van der Waals surface area contributed by atoms with E-state index in [4.69, 9.17) is 4.74 Å². The van der Waals surface area contributed by atoms with Gasteiger partial charge in [0.2, 0.25) is 0 Å². The highest BCUT2D eigenvalue weighted by Gasteiger charge is 2.35. The largest absolute Gasteiger partial charge is 0.449 e. The van der Waals surface area contributed by atoms with Crippen molar-refractivity contribution in [3.05, 3.63) is 70.8 Å². The van der Waals surface area contributed by atoms with Crippen LogP contribution in [0.1, 0.15) is 75.7 Å². The number of carbonyl (C=O) groups excluding carboxylic acids is 4. The highest BCUT2D eigenvalue weighted by molar-refractivity contribution is 6.21. The zero-order chi connectivity index (χ0) is 22.7. The van der Waals surface area contributed by atoms with Crippen molar-refractivity contribution in [1.29, 1.82) is 0 Å². The third-order valence-electron chi connectivity index (χ3n) is 5.99. The molecule has 0 unspecified atom stereocenters. The maximum absolute atomic E-state index is 12.6. The smallest absolute Gasteiger partial charge is 0.338 e. The van der Waals surface area contributed by atoms with Gasteiger partial charge in [-0.15, -0.1) is 0 Å². The van der Waals surface area contributed by atoms with Gasteiger partial charge in [0.15, 0.2) is 6.10 Å². The third kappa shape index (κ3) is 4.56. The molecule has 1 aliphatic carbocycles. The normalized spacial score (nSPS) is 17.1. The average molecular weight is 434 g/mol. The first-order valence-corrected chi connectivity index (χ1v) is 11.0. The van der Waals surface area contributed by atoms with Crippen molar-refractivity contribution in [1.82, 2.24) is 10.2 Å². The number of amides is 3. The number of esters is 1. The maximum Gasteiger partial charge on any atom is 0.338 e. The van der Waals surface area contributed by atoms with E-state index in [-0.39, 0.29) is 35.9 Å². The van der Waals surface area contributed by atoms with E-state index in [2.05, 4.69) is 5.32 Å². The van der Waals surface area contributed by atoms with E-state index in [9.17, 15) is 19.2 Å². The molecule has 2 aliphatic rings. The molecule has 4 rings (SSSR count). The molecule has 1 fully saturated rings. The molecule has 7 nitrogen and oxygen atoms in total. The van der Waals surface area contributed by atoms with Crippen LogP contribution in [0.5, 0.6) is 0 Å². The molecule has 1 N–H and O–H groups in total. The molecule has 3 amide bonds. The lowest BCUT2D eigenvalue weighted by molar-refractivity contribution is -0.130. The van der Waals surface area contributed by atoms with Crippen LogP contribution >= 0.6 is 0 Å². The van der Waals surface area contributed by atoms with E-state index in [1.54, 1.807) is 55.5 Å². The first-order valence-electron chi connectivity index (χ1n) is 11.0. The predicted octanol–water partition coefficient (Wildman–Crippen LogP) is 3.48. The van der Waals surface area contributed by atoms with Gasteiger partial charge in [-0.25, -0.2) is 4.79 Å². The molecule has 166 valence electrons. The first kappa shape index (κ1) is 21.7. The molecule has 7 heteroatoms. The number of fused-ring (bicyclic) bond motifs is 1. The molecule has 32 heavy (non-hydrogen) atoms. The summed E-state index contributed by atoms with van der Waals surface area (Å²) in [6.07, 6.45) is 4.37. The minimum atomic E-state index is -0.913. The van der Waals surface area contributed by atoms with Crippen LogP contribution < -0.4 is 5.32 Å². The molecule has 1 aliphatic heterocycles. The molecule has 2 aromatic rings. The average Bonchev–Trinajstić information content (AvgIpc) is 3.05. The van der Waals surface area contributed by atoms with Crippen molar-refractivity contribution in [2.45, 2.75) is 57.7 Å². The summed E-state index contributed by atoms with van der Waals surface area (Å²) in [4.78, 5) is 51.3. The number of hydrogen-bond donors (Lipinski definition) is 1. The molecule has 2 aromatic carbocycles. The summed E-state index contributed by atoms with van der Waals surface area (Å²) in [5.41, 5.74) is 1.64. The lowest BCUT2D eigenvalue weighted by atomic mass is 9.95. The van der Waals surface area contributed by atoms with Crippen molar-refractivity contribution in [2.24, 2.45) is 0 Å². The first-order chi connectivity index (χ1) is 15.4. The molecule has 0 spiro atoms. The van der Waals surface area contributed by atoms with E-state index in [0.717, 1.165) is 30.6 Å². The molecule has 0 saturated heterocycles. The molecule has 1 atom stereocenters. The maximum atomic E-state index is 12.6. The van der Waals surface area contributed by atoms with Crippen LogP contribution in [0.25, 0.3) is 0 Å². The van der Waals surface area contributed by atoms with E-state index in [1.807, 2.05) is 0 Å². The van der Waals surface area contributed by atoms with Gasteiger partial charge in [0.25, 0.3) is 17.7 Å². The van der Waals surface area contributed by atoms with E-state index >= 15 is 0 Å². The Balaban J connectivity index is 1.38. The van der Waals surface area contributed by atoms with Crippen molar-refractivity contribution >= 4 is 23.7 Å². The van der Waals surface area contributed by atoms with Crippen molar-refractivity contribution in [2.75, 3.05) is 0 Å². The van der Waals surface area contributed by atoms with E-state index < -0.39 is 12.1 Å². The Morgan fingerprint density at radius 2 is 1.66 bits per heavy atom. The number of ether oxygens (including phenoxy) is 1. The van der Waals surface area contributed by atoms with Gasteiger partial charge in [0.05, 0.1) is 23.2 Å². The van der Waals surface area contributed by atoms with Gasteiger partial charge < -0.3 is 10.1 Å². The van der Waals surface area contributed by atoms with Gasteiger partial charge in [-0.2, -0.15) is 0 Å². The SMILES string of the molecule is C[C@H](OC(=O)c1cccc(CN2C(=O)c3ccccc3C2=O)c1)C(=O)NC1CCCCC1. The highest BCUT2D eigenvalue weighted by Crippen LogP contribution is 2.24. The number of carbonyl (C=O) groups is 4. The van der Waals surface area contributed by atoms with Crippen LogP contribution in [-0.4, -0.2) is 40.7 Å². The number of rotatable bonds is 6. The molecule has 0 bridgehead atoms. The summed E-state index contributed by atoms with van der Waals surface area (Å²) in [7, 11) is 0. The van der Waals surface area contributed by atoms with E-state index in [0.29, 0.717) is 16.7 Å². The van der Waals surface area contributed by atoms with E-state index in [1.165, 1.54) is 6.42 Å². The molecule has 1 saturated carbocycles. The second-order valence-corrected chi connectivity index (χ2v) is 8.33. The summed E-state index contributed by atoms with van der Waals surface area (Å²) in [6, 6.07) is 13.4. The fourth-order valence-electron chi connectivity index (χ4n) is 4.21. The van der Waals surface area contributed by atoms with Gasteiger partial charge in [-0.05, 0) is 49.6 Å². The van der Waals surface area contributed by atoms with Crippen molar-refractivity contribution in [3.63, 3.8) is 0 Å². The fraction of sp³-hybridized carbons (Fsp3) is 0.360. The number of imide groups is 1. The summed E-state index contributed by atoms with van der Waals surface area (Å²) in [6.45, 7) is 1.60. The van der Waals surface area contributed by atoms with Crippen LogP contribution in [-0.2, 0) is 16.1 Å². The minimum absolute atomic E-state index is 0.0468. The zero-order valence-electron chi connectivity index (χ0n) is 18.0. The Bertz CT molecular complexity index is 1020. The van der Waals surface area contributed by atoms with Crippen molar-refractivity contribution < 1.29 is 23.9 Å². The van der Waals surface area contributed by atoms with Gasteiger partial charge in [0, 0.05) is 6.04 Å². The number of nitrogens with one attached hydrogen (secondary N) is 1. The molecule has 0 radical (unpaired) electrons. The van der Waals surface area contributed by atoms with Crippen molar-refractivity contribution in [3.8, 4) is 0 Å². The number of benzene rings is 2. The summed E-state index contributed by atoms with van der Waals surface area (Å²) in [5, 5.41) is 2.96. The number of nitrogens with zero attached hydrogens (tertiary/aromatic N) is 1. The van der Waals surface area contributed by atoms with Gasteiger partial charge >= 0.3 is 5.97 Å². The van der Waals surface area contributed by atoms with Crippen LogP contribution in [0.3, 0.4) is 0 Å². The fourth-order valence-corrected chi connectivity index (χ4v) is 4.21. The number of hydrogen-bond acceptors (Lipinski definition) is 5. The van der Waals surface area contributed by atoms with Crippen LogP contribution in [0.15, 0.2) is 48.5 Å². The lowest BCUT2D eigenvalue weighted by Crippen LogP contribution is -2.42. The third-order valence-corrected chi connectivity index (χ3v) is 5.99. The summed E-state index contributed by atoms with van der Waals surface area (Å²) < 4.78 is 5.36. The second kappa shape index (κ2) is 9.34. The minimum Gasteiger partial charge on any atom is -0.449 e.